The number of benzene rings is 1. The molecular formula is C14H18N2O5. The van der Waals surface area contributed by atoms with Crippen LogP contribution in [0, 0.1) is 10.1 Å². The second-order valence-electron chi connectivity index (χ2n) is 5.55. The maximum atomic E-state index is 11.1. The molecule has 0 radical (unpaired) electrons. The van der Waals surface area contributed by atoms with E-state index < -0.39 is 16.5 Å². The third kappa shape index (κ3) is 3.30. The van der Waals surface area contributed by atoms with E-state index >= 15 is 0 Å². The zero-order chi connectivity index (χ0) is 15.6. The zero-order valence-electron chi connectivity index (χ0n) is 11.8. The van der Waals surface area contributed by atoms with Crippen LogP contribution in [0.15, 0.2) is 18.2 Å². The molecule has 7 heteroatoms. The van der Waals surface area contributed by atoms with Crippen LogP contribution in [0.25, 0.3) is 0 Å². The summed E-state index contributed by atoms with van der Waals surface area (Å²) in [6, 6.07) is 3.80. The fraction of sp³-hybridized carbons (Fsp3) is 0.500. The SMILES string of the molecule is CN(CC1(O)CCCC1)c1ccc(C(=O)O)cc1[N+](=O)[O-]. The van der Waals surface area contributed by atoms with Gasteiger partial charge in [0.05, 0.1) is 16.1 Å². The number of hydrogen-bond donors (Lipinski definition) is 2. The maximum Gasteiger partial charge on any atom is 0.335 e. The van der Waals surface area contributed by atoms with Crippen LogP contribution >= 0.6 is 0 Å². The predicted octanol–water partition coefficient (Wildman–Crippen LogP) is 2.03. The number of aromatic carboxylic acids is 1. The third-order valence-electron chi connectivity index (χ3n) is 3.90. The van der Waals surface area contributed by atoms with E-state index in [0.717, 1.165) is 18.9 Å². The maximum absolute atomic E-state index is 11.1. The van der Waals surface area contributed by atoms with Crippen LogP contribution < -0.4 is 4.90 Å². The second kappa shape index (κ2) is 5.69. The lowest BCUT2D eigenvalue weighted by Gasteiger charge is -2.29. The number of likely N-dealkylation sites (N-methyl/N-ethyl adjacent to an activating group) is 1. The van der Waals surface area contributed by atoms with E-state index in [1.54, 1.807) is 11.9 Å². The number of aliphatic hydroxyl groups is 1. The van der Waals surface area contributed by atoms with Crippen molar-refractivity contribution in [2.75, 3.05) is 18.5 Å². The van der Waals surface area contributed by atoms with Crippen molar-refractivity contribution < 1.29 is 19.9 Å². The normalized spacial score (nSPS) is 16.7. The minimum absolute atomic E-state index is 0.126. The van der Waals surface area contributed by atoms with Gasteiger partial charge in [0.2, 0.25) is 0 Å². The molecule has 0 saturated heterocycles. The van der Waals surface area contributed by atoms with Crippen molar-refractivity contribution in [1.29, 1.82) is 0 Å². The molecular weight excluding hydrogens is 276 g/mol. The van der Waals surface area contributed by atoms with Gasteiger partial charge in [-0.2, -0.15) is 0 Å². The number of hydrogen-bond acceptors (Lipinski definition) is 5. The minimum atomic E-state index is -1.21. The van der Waals surface area contributed by atoms with Crippen LogP contribution in [0.2, 0.25) is 0 Å². The van der Waals surface area contributed by atoms with Crippen LogP contribution in [-0.4, -0.2) is 40.3 Å². The highest BCUT2D eigenvalue weighted by Crippen LogP contribution is 2.34. The summed E-state index contributed by atoms with van der Waals surface area (Å²) < 4.78 is 0. The quantitative estimate of drug-likeness (QED) is 0.636. The summed E-state index contributed by atoms with van der Waals surface area (Å²) >= 11 is 0. The molecule has 0 atom stereocenters. The smallest absolute Gasteiger partial charge is 0.335 e. The first-order valence-electron chi connectivity index (χ1n) is 6.78. The lowest BCUT2D eigenvalue weighted by atomic mass is 10.0. The van der Waals surface area contributed by atoms with E-state index in [9.17, 15) is 20.0 Å². The van der Waals surface area contributed by atoms with Crippen LogP contribution in [0.3, 0.4) is 0 Å². The van der Waals surface area contributed by atoms with Crippen molar-refractivity contribution in [1.82, 2.24) is 0 Å². The highest BCUT2D eigenvalue weighted by Gasteiger charge is 2.33. The zero-order valence-corrected chi connectivity index (χ0v) is 11.8. The highest BCUT2D eigenvalue weighted by molar-refractivity contribution is 5.89. The van der Waals surface area contributed by atoms with Gasteiger partial charge in [0, 0.05) is 19.7 Å². The first-order chi connectivity index (χ1) is 9.82. The number of carboxylic acid groups (broad SMARTS) is 1. The number of anilines is 1. The average molecular weight is 294 g/mol. The van der Waals surface area contributed by atoms with E-state index in [1.807, 2.05) is 0 Å². The molecule has 0 unspecified atom stereocenters. The van der Waals surface area contributed by atoms with Crippen LogP contribution in [0.1, 0.15) is 36.0 Å². The van der Waals surface area contributed by atoms with Gasteiger partial charge in [-0.1, -0.05) is 12.8 Å². The third-order valence-corrected chi connectivity index (χ3v) is 3.90. The number of carbonyl (C=O) groups is 1. The Bertz CT molecular complexity index is 566. The van der Waals surface area contributed by atoms with Gasteiger partial charge in [0.25, 0.3) is 5.69 Å². The van der Waals surface area contributed by atoms with Crippen LogP contribution in [0.5, 0.6) is 0 Å². The molecule has 114 valence electrons. The summed E-state index contributed by atoms with van der Waals surface area (Å²) in [4.78, 5) is 23.1. The van der Waals surface area contributed by atoms with Gasteiger partial charge < -0.3 is 15.1 Å². The molecule has 21 heavy (non-hydrogen) atoms. The molecule has 1 aromatic carbocycles. The van der Waals surface area contributed by atoms with Crippen molar-refractivity contribution >= 4 is 17.3 Å². The van der Waals surface area contributed by atoms with Crippen molar-refractivity contribution in [3.63, 3.8) is 0 Å². The Hall–Kier alpha value is -2.15. The number of nitro groups is 1. The molecule has 0 spiro atoms. The Morgan fingerprint density at radius 2 is 2.05 bits per heavy atom. The summed E-state index contributed by atoms with van der Waals surface area (Å²) in [5, 5.41) is 30.4. The van der Waals surface area contributed by atoms with E-state index in [2.05, 4.69) is 0 Å². The van der Waals surface area contributed by atoms with E-state index in [1.165, 1.54) is 12.1 Å². The van der Waals surface area contributed by atoms with Gasteiger partial charge in [-0.05, 0) is 25.0 Å². The van der Waals surface area contributed by atoms with Gasteiger partial charge in [0.15, 0.2) is 0 Å². The van der Waals surface area contributed by atoms with Crippen molar-refractivity contribution in [3.05, 3.63) is 33.9 Å². The summed E-state index contributed by atoms with van der Waals surface area (Å²) in [6.45, 7) is 0.292. The van der Waals surface area contributed by atoms with Gasteiger partial charge in [-0.15, -0.1) is 0 Å². The van der Waals surface area contributed by atoms with Crippen LogP contribution in [0.4, 0.5) is 11.4 Å². The molecule has 0 aliphatic heterocycles. The molecule has 2 rings (SSSR count). The Morgan fingerprint density at radius 3 is 2.57 bits per heavy atom. The Labute approximate surface area is 122 Å². The molecule has 1 saturated carbocycles. The number of nitro benzene ring substituents is 1. The van der Waals surface area contributed by atoms with Gasteiger partial charge in [0.1, 0.15) is 5.69 Å². The lowest BCUT2D eigenvalue weighted by molar-refractivity contribution is -0.384. The van der Waals surface area contributed by atoms with Crippen LogP contribution in [-0.2, 0) is 0 Å². The van der Waals surface area contributed by atoms with Gasteiger partial charge >= 0.3 is 5.97 Å². The van der Waals surface area contributed by atoms with Crippen molar-refractivity contribution in [2.24, 2.45) is 0 Å². The first-order valence-corrected chi connectivity index (χ1v) is 6.78. The first kappa shape index (κ1) is 15.2. The topological polar surface area (TPSA) is 104 Å². The molecule has 1 aliphatic rings. The Kier molecular flexibility index (Phi) is 4.13. The molecule has 1 aliphatic carbocycles. The molecule has 0 amide bonds. The molecule has 1 fully saturated rings. The highest BCUT2D eigenvalue weighted by atomic mass is 16.6. The average Bonchev–Trinajstić information content (AvgIpc) is 2.84. The van der Waals surface area contributed by atoms with E-state index in [4.69, 9.17) is 5.11 Å². The van der Waals surface area contributed by atoms with Crippen molar-refractivity contribution in [2.45, 2.75) is 31.3 Å². The Balaban J connectivity index is 2.29. The van der Waals surface area contributed by atoms with E-state index in [-0.39, 0.29) is 11.3 Å². The molecule has 2 N–H and O–H groups in total. The molecule has 0 bridgehead atoms. The lowest BCUT2D eigenvalue weighted by Crippen LogP contribution is -2.39. The minimum Gasteiger partial charge on any atom is -0.478 e. The number of nitrogens with zero attached hydrogens (tertiary/aromatic N) is 2. The predicted molar refractivity (Wildman–Crippen MR) is 76.7 cm³/mol. The fourth-order valence-corrected chi connectivity index (χ4v) is 2.84. The second-order valence-corrected chi connectivity index (χ2v) is 5.55. The largest absolute Gasteiger partial charge is 0.478 e. The Morgan fingerprint density at radius 1 is 1.43 bits per heavy atom. The van der Waals surface area contributed by atoms with Gasteiger partial charge in [-0.25, -0.2) is 4.79 Å². The summed E-state index contributed by atoms with van der Waals surface area (Å²) in [6.07, 6.45) is 3.26. The van der Waals surface area contributed by atoms with E-state index in [0.29, 0.717) is 25.1 Å². The molecule has 1 aromatic rings. The molecule has 0 aromatic heterocycles. The summed E-state index contributed by atoms with van der Waals surface area (Å²) in [7, 11) is 1.67. The number of rotatable bonds is 5. The van der Waals surface area contributed by atoms with Gasteiger partial charge in [-0.3, -0.25) is 10.1 Å². The molecule has 0 heterocycles. The number of carboxylic acids is 1. The summed E-state index contributed by atoms with van der Waals surface area (Å²) in [5.41, 5.74) is -0.906. The summed E-state index contributed by atoms with van der Waals surface area (Å²) in [5.74, 6) is -1.21. The standard InChI is InChI=1S/C14H18N2O5/c1-15(9-14(19)6-2-3-7-14)11-5-4-10(13(17)18)8-12(11)16(20)21/h4-5,8,19H,2-3,6-7,9H2,1H3,(H,17,18). The van der Waals surface area contributed by atoms with Crippen molar-refractivity contribution in [3.8, 4) is 0 Å². The fourth-order valence-electron chi connectivity index (χ4n) is 2.84. The molecule has 7 nitrogen and oxygen atoms in total. The monoisotopic (exact) mass is 294 g/mol.